The molecule has 2 aliphatic rings. The summed E-state index contributed by atoms with van der Waals surface area (Å²) >= 11 is 0. The molecule has 3 aromatic rings. The van der Waals surface area contributed by atoms with Crippen LogP contribution in [0.15, 0.2) is 49.1 Å². The Labute approximate surface area is 176 Å². The molecule has 0 atom stereocenters. The van der Waals surface area contributed by atoms with Crippen molar-refractivity contribution in [2.75, 3.05) is 33.4 Å². The fourth-order valence-electron chi connectivity index (χ4n) is 4.34. The van der Waals surface area contributed by atoms with Crippen molar-refractivity contribution in [3.63, 3.8) is 0 Å². The highest BCUT2D eigenvalue weighted by molar-refractivity contribution is 5.70. The fourth-order valence-corrected chi connectivity index (χ4v) is 4.34. The maximum atomic E-state index is 5.79. The van der Waals surface area contributed by atoms with Gasteiger partial charge in [0.2, 0.25) is 0 Å². The molecule has 1 fully saturated rings. The van der Waals surface area contributed by atoms with Crippen LogP contribution >= 0.6 is 0 Å². The molecule has 0 bridgehead atoms. The molecule has 0 aliphatic carbocycles. The van der Waals surface area contributed by atoms with E-state index in [2.05, 4.69) is 31.7 Å². The molecule has 4 heterocycles. The van der Waals surface area contributed by atoms with Crippen molar-refractivity contribution in [1.29, 1.82) is 0 Å². The quantitative estimate of drug-likeness (QED) is 0.646. The lowest BCUT2D eigenvalue weighted by Crippen LogP contribution is -2.34. The Kier molecular flexibility index (Phi) is 5.27. The molecule has 7 nitrogen and oxygen atoms in total. The predicted octanol–water partition coefficient (Wildman–Crippen LogP) is 3.56. The van der Waals surface area contributed by atoms with Gasteiger partial charge in [-0.2, -0.15) is 0 Å². The number of rotatable bonds is 5. The van der Waals surface area contributed by atoms with Crippen molar-refractivity contribution in [3.8, 4) is 28.6 Å². The van der Waals surface area contributed by atoms with Crippen molar-refractivity contribution in [1.82, 2.24) is 19.4 Å². The molecule has 2 aliphatic heterocycles. The number of imidazole rings is 1. The van der Waals surface area contributed by atoms with Gasteiger partial charge in [-0.05, 0) is 30.5 Å². The zero-order chi connectivity index (χ0) is 20.3. The van der Waals surface area contributed by atoms with Crippen LogP contribution in [0, 0.1) is 0 Å². The summed E-state index contributed by atoms with van der Waals surface area (Å²) in [4.78, 5) is 11.4. The summed E-state index contributed by atoms with van der Waals surface area (Å²) in [5.41, 5.74) is 2.20. The molecule has 7 heteroatoms. The zero-order valence-corrected chi connectivity index (χ0v) is 17.2. The molecule has 0 amide bonds. The van der Waals surface area contributed by atoms with Gasteiger partial charge in [0.05, 0.1) is 12.7 Å². The minimum absolute atomic E-state index is 0.408. The topological polar surface area (TPSA) is 61.6 Å². The highest BCUT2D eigenvalue weighted by Gasteiger charge is 2.25. The van der Waals surface area contributed by atoms with Gasteiger partial charge < -0.3 is 18.8 Å². The summed E-state index contributed by atoms with van der Waals surface area (Å²) in [5, 5.41) is 0. The van der Waals surface area contributed by atoms with Gasteiger partial charge in [0, 0.05) is 56.5 Å². The van der Waals surface area contributed by atoms with Crippen LogP contribution in [0.5, 0.6) is 17.2 Å². The molecule has 0 saturated carbocycles. The van der Waals surface area contributed by atoms with Crippen LogP contribution in [-0.4, -0.2) is 52.8 Å². The normalized spacial score (nSPS) is 17.1. The molecule has 2 aromatic heterocycles. The molecule has 1 saturated heterocycles. The van der Waals surface area contributed by atoms with Crippen molar-refractivity contribution < 1.29 is 14.2 Å². The number of likely N-dealkylation sites (tertiary alicyclic amines) is 1. The van der Waals surface area contributed by atoms with E-state index >= 15 is 0 Å². The molecule has 1 aromatic carbocycles. The van der Waals surface area contributed by atoms with Gasteiger partial charge in [-0.15, -0.1) is 0 Å². The van der Waals surface area contributed by atoms with E-state index in [1.807, 2.05) is 36.8 Å². The van der Waals surface area contributed by atoms with Crippen molar-refractivity contribution in [3.05, 3.63) is 54.6 Å². The SMILES string of the molecule is COc1cc2c(cc1-c1nccn1C1CCN(Cc3cccnc3)CC1)OCCO2. The number of hydrogen-bond donors (Lipinski definition) is 0. The standard InChI is InChI=1S/C23H26N4O3/c1-28-20-14-22-21(29-11-12-30-22)13-19(20)23-25-7-10-27(23)18-4-8-26(9-5-18)16-17-3-2-6-24-15-17/h2-3,6-7,10,13-15,18H,4-5,8-9,11-12,16H2,1H3. The van der Waals surface area contributed by atoms with Crippen LogP contribution in [0.2, 0.25) is 0 Å². The molecule has 0 radical (unpaired) electrons. The minimum Gasteiger partial charge on any atom is -0.496 e. The molecule has 0 spiro atoms. The van der Waals surface area contributed by atoms with E-state index in [-0.39, 0.29) is 0 Å². The summed E-state index contributed by atoms with van der Waals surface area (Å²) in [7, 11) is 1.68. The van der Waals surface area contributed by atoms with E-state index in [1.165, 1.54) is 5.56 Å². The Bertz CT molecular complexity index is 997. The predicted molar refractivity (Wildman–Crippen MR) is 113 cm³/mol. The highest BCUT2D eigenvalue weighted by Crippen LogP contribution is 2.42. The summed E-state index contributed by atoms with van der Waals surface area (Å²) in [6, 6.07) is 8.44. The van der Waals surface area contributed by atoms with Gasteiger partial charge in [-0.1, -0.05) is 6.07 Å². The number of methoxy groups -OCH3 is 1. The van der Waals surface area contributed by atoms with Crippen molar-refractivity contribution in [2.45, 2.75) is 25.4 Å². The molecule has 0 unspecified atom stereocenters. The largest absolute Gasteiger partial charge is 0.496 e. The summed E-state index contributed by atoms with van der Waals surface area (Å²) in [6.07, 6.45) is 9.88. The average Bonchev–Trinajstić information content (AvgIpc) is 3.29. The second-order valence-corrected chi connectivity index (χ2v) is 7.72. The first-order chi connectivity index (χ1) is 14.8. The van der Waals surface area contributed by atoms with Gasteiger partial charge in [0.1, 0.15) is 24.8 Å². The molecule has 30 heavy (non-hydrogen) atoms. The molecule has 5 rings (SSSR count). The van der Waals surface area contributed by atoms with Gasteiger partial charge in [-0.3, -0.25) is 9.88 Å². The molecular weight excluding hydrogens is 380 g/mol. The number of hydrogen-bond acceptors (Lipinski definition) is 6. The smallest absolute Gasteiger partial charge is 0.165 e. The first-order valence-corrected chi connectivity index (χ1v) is 10.4. The van der Waals surface area contributed by atoms with Crippen LogP contribution in [-0.2, 0) is 6.54 Å². The van der Waals surface area contributed by atoms with Crippen LogP contribution in [0.1, 0.15) is 24.4 Å². The highest BCUT2D eigenvalue weighted by atomic mass is 16.6. The maximum Gasteiger partial charge on any atom is 0.165 e. The lowest BCUT2D eigenvalue weighted by Gasteiger charge is -2.33. The van der Waals surface area contributed by atoms with Gasteiger partial charge in [0.15, 0.2) is 11.5 Å². The van der Waals surface area contributed by atoms with Crippen molar-refractivity contribution in [2.24, 2.45) is 0 Å². The van der Waals surface area contributed by atoms with E-state index in [0.29, 0.717) is 19.3 Å². The number of ether oxygens (including phenoxy) is 3. The van der Waals surface area contributed by atoms with E-state index in [9.17, 15) is 0 Å². The van der Waals surface area contributed by atoms with Crippen LogP contribution in [0.3, 0.4) is 0 Å². The summed E-state index contributed by atoms with van der Waals surface area (Å²) in [5.74, 6) is 3.14. The summed E-state index contributed by atoms with van der Waals surface area (Å²) in [6.45, 7) is 4.17. The number of fused-ring (bicyclic) bond motifs is 1. The zero-order valence-electron chi connectivity index (χ0n) is 17.2. The third kappa shape index (κ3) is 3.73. The third-order valence-corrected chi connectivity index (χ3v) is 5.85. The second kappa shape index (κ2) is 8.36. The van der Waals surface area contributed by atoms with E-state index in [1.54, 1.807) is 7.11 Å². The fraction of sp³-hybridized carbons (Fsp3) is 0.391. The Morgan fingerprint density at radius 1 is 1.10 bits per heavy atom. The lowest BCUT2D eigenvalue weighted by molar-refractivity contribution is 0.171. The lowest BCUT2D eigenvalue weighted by atomic mass is 10.0. The Morgan fingerprint density at radius 3 is 2.63 bits per heavy atom. The van der Waals surface area contributed by atoms with Crippen molar-refractivity contribution >= 4 is 0 Å². The third-order valence-electron chi connectivity index (χ3n) is 5.85. The van der Waals surface area contributed by atoms with Gasteiger partial charge in [0.25, 0.3) is 0 Å². The Hall–Kier alpha value is -3.06. The first-order valence-electron chi connectivity index (χ1n) is 10.4. The van der Waals surface area contributed by atoms with Gasteiger partial charge in [-0.25, -0.2) is 4.98 Å². The molecule has 0 N–H and O–H groups in total. The van der Waals surface area contributed by atoms with Gasteiger partial charge >= 0.3 is 0 Å². The maximum absolute atomic E-state index is 5.79. The summed E-state index contributed by atoms with van der Waals surface area (Å²) < 4.78 is 19.4. The number of benzene rings is 1. The van der Waals surface area contributed by atoms with E-state index in [4.69, 9.17) is 14.2 Å². The number of aromatic nitrogens is 3. The monoisotopic (exact) mass is 406 g/mol. The Balaban J connectivity index is 1.35. The average molecular weight is 406 g/mol. The van der Waals surface area contributed by atoms with Crippen LogP contribution in [0.25, 0.3) is 11.4 Å². The van der Waals surface area contributed by atoms with Crippen LogP contribution in [0.4, 0.5) is 0 Å². The second-order valence-electron chi connectivity index (χ2n) is 7.72. The first kappa shape index (κ1) is 18.9. The number of piperidine rings is 1. The molecule has 156 valence electrons. The van der Waals surface area contributed by atoms with E-state index in [0.717, 1.165) is 61.1 Å². The minimum atomic E-state index is 0.408. The number of pyridine rings is 1. The number of nitrogens with zero attached hydrogens (tertiary/aromatic N) is 4. The van der Waals surface area contributed by atoms with E-state index < -0.39 is 0 Å². The molecular formula is C23H26N4O3. The Morgan fingerprint density at radius 2 is 1.90 bits per heavy atom. The van der Waals surface area contributed by atoms with Crippen LogP contribution < -0.4 is 14.2 Å².